The van der Waals surface area contributed by atoms with E-state index >= 15 is 0 Å². The van der Waals surface area contributed by atoms with Crippen LogP contribution in [0.5, 0.6) is 0 Å². The summed E-state index contributed by atoms with van der Waals surface area (Å²) in [6.45, 7) is 20.4. The molecule has 6 aromatic rings. The molecule has 4 heteroatoms. The number of rotatable bonds is 3. The fourth-order valence-electron chi connectivity index (χ4n) is 7.70. The van der Waals surface area contributed by atoms with E-state index in [0.717, 1.165) is 61.6 Å². The van der Waals surface area contributed by atoms with E-state index in [-0.39, 0.29) is 16.2 Å². The molecule has 4 N–H and O–H groups in total. The molecule has 0 amide bonds. The third kappa shape index (κ3) is 6.56. The van der Waals surface area contributed by atoms with Gasteiger partial charge in [0.25, 0.3) is 0 Å². The Morgan fingerprint density at radius 1 is 0.377 bits per heavy atom. The van der Waals surface area contributed by atoms with Crippen molar-refractivity contribution in [3.8, 4) is 0 Å². The third-order valence-corrected chi connectivity index (χ3v) is 10.9. The highest BCUT2D eigenvalue weighted by atomic mass is 14.9. The van der Waals surface area contributed by atoms with E-state index in [4.69, 9.17) is 0 Å². The molecular formula is C49H52N4. The predicted molar refractivity (Wildman–Crippen MR) is 221 cm³/mol. The Bertz CT molecular complexity index is 2610. The van der Waals surface area contributed by atoms with E-state index in [1.807, 2.05) is 0 Å². The normalized spacial score (nSPS) is 14.9. The van der Waals surface area contributed by atoms with Crippen LogP contribution in [0.4, 0.5) is 0 Å². The summed E-state index contributed by atoms with van der Waals surface area (Å²) in [5, 5.41) is 8.20. The van der Waals surface area contributed by atoms with Gasteiger partial charge in [-0.15, -0.1) is 0 Å². The van der Waals surface area contributed by atoms with Crippen molar-refractivity contribution in [3.05, 3.63) is 193 Å². The van der Waals surface area contributed by atoms with Crippen LogP contribution >= 0.6 is 0 Å². The molecule has 8 rings (SSSR count). The Labute approximate surface area is 313 Å². The fraction of sp³-hybridized carbons (Fsp3) is 0.265. The van der Waals surface area contributed by atoms with E-state index in [9.17, 15) is 0 Å². The van der Waals surface area contributed by atoms with Gasteiger partial charge in [-0.1, -0.05) is 141 Å². The van der Waals surface area contributed by atoms with Crippen molar-refractivity contribution in [2.24, 2.45) is 0 Å². The molecule has 0 aliphatic carbocycles. The summed E-state index contributed by atoms with van der Waals surface area (Å²) in [5.74, 6) is 0. The first kappa shape index (κ1) is 34.6. The van der Waals surface area contributed by atoms with Crippen molar-refractivity contribution in [3.63, 3.8) is 0 Å². The Kier molecular flexibility index (Phi) is 8.21. The molecule has 8 bridgehead atoms. The highest BCUT2D eigenvalue weighted by Gasteiger charge is 2.24. The van der Waals surface area contributed by atoms with Crippen LogP contribution in [0.2, 0.25) is 0 Å². The van der Waals surface area contributed by atoms with Gasteiger partial charge in [0.1, 0.15) is 0 Å². The van der Waals surface area contributed by atoms with E-state index in [2.05, 4.69) is 198 Å². The quantitative estimate of drug-likeness (QED) is 0.146. The molecule has 0 saturated heterocycles. The van der Waals surface area contributed by atoms with Crippen LogP contribution in [0.15, 0.2) is 127 Å². The van der Waals surface area contributed by atoms with Crippen LogP contribution in [0.25, 0.3) is 16.7 Å². The third-order valence-electron chi connectivity index (χ3n) is 10.9. The zero-order chi connectivity index (χ0) is 37.3. The van der Waals surface area contributed by atoms with Gasteiger partial charge in [-0.2, -0.15) is 0 Å². The van der Waals surface area contributed by atoms with Gasteiger partial charge < -0.3 is 20.3 Å². The first-order chi connectivity index (χ1) is 25.1. The van der Waals surface area contributed by atoms with Crippen LogP contribution in [0.3, 0.4) is 0 Å². The summed E-state index contributed by atoms with van der Waals surface area (Å²) in [7, 11) is 0. The van der Waals surface area contributed by atoms with Crippen molar-refractivity contribution in [1.82, 2.24) is 20.3 Å². The van der Waals surface area contributed by atoms with Crippen LogP contribution in [0, 0.1) is 10.7 Å². The first-order valence-electron chi connectivity index (χ1n) is 19.0. The van der Waals surface area contributed by atoms with Gasteiger partial charge in [-0.25, -0.2) is 0 Å². The standard InChI is InChI=1S/C49H52N4/c1-47(2,3)33-16-10-30(11-17-33)44-38-24-22-36(50-38)37-23-25-39(51-37)45(31-12-18-34(19-13-31)48(4,5)6)41-27-29-43(53-41)46(42-28-26-40(44)52-42)32-14-20-35(21-15-32)49(7,8)9/h10-28,50-53H,29H2,1-9H3. The molecule has 0 spiro atoms. The summed E-state index contributed by atoms with van der Waals surface area (Å²) in [5.41, 5.74) is 15.6. The summed E-state index contributed by atoms with van der Waals surface area (Å²) in [6, 6.07) is 40.6. The minimum atomic E-state index is 0.0701. The van der Waals surface area contributed by atoms with Gasteiger partial charge >= 0.3 is 0 Å². The zero-order valence-electron chi connectivity index (χ0n) is 32.7. The maximum atomic E-state index is 3.96. The number of hydrogen-bond acceptors (Lipinski definition) is 1. The second-order valence-corrected chi connectivity index (χ2v) is 17.9. The molecule has 2 aliphatic rings. The number of aromatic amines is 3. The summed E-state index contributed by atoms with van der Waals surface area (Å²) >= 11 is 0. The van der Waals surface area contributed by atoms with E-state index in [1.54, 1.807) is 0 Å². The number of allylic oxidation sites excluding steroid dienone is 2. The average molecular weight is 697 g/mol. The monoisotopic (exact) mass is 696 g/mol. The number of aromatic nitrogens is 3. The zero-order valence-corrected chi connectivity index (χ0v) is 32.7. The van der Waals surface area contributed by atoms with Gasteiger partial charge in [-0.05, 0) is 86.0 Å². The number of hydrogen-bond donors (Lipinski definition) is 4. The van der Waals surface area contributed by atoms with Crippen LogP contribution < -0.4 is 16.0 Å². The van der Waals surface area contributed by atoms with Gasteiger partial charge in [0.2, 0.25) is 0 Å². The molecule has 268 valence electrons. The lowest BCUT2D eigenvalue weighted by molar-refractivity contribution is 0.590. The molecule has 0 radical (unpaired) electrons. The largest absolute Gasteiger partial charge is 0.358 e. The van der Waals surface area contributed by atoms with Crippen LogP contribution in [-0.2, 0) is 16.2 Å². The average Bonchev–Trinajstić information content (AvgIpc) is 3.94. The fourth-order valence-corrected chi connectivity index (χ4v) is 7.70. The predicted octanol–water partition coefficient (Wildman–Crippen LogP) is 9.95. The van der Waals surface area contributed by atoms with Gasteiger partial charge in [-0.3, -0.25) is 0 Å². The Balaban J connectivity index is 1.41. The maximum absolute atomic E-state index is 3.96. The highest BCUT2D eigenvalue weighted by molar-refractivity contribution is 5.86. The number of H-pyrrole nitrogens is 3. The van der Waals surface area contributed by atoms with E-state index < -0.39 is 0 Å². The lowest BCUT2D eigenvalue weighted by Crippen LogP contribution is -2.18. The van der Waals surface area contributed by atoms with Gasteiger partial charge in [0.05, 0.1) is 10.7 Å². The summed E-state index contributed by atoms with van der Waals surface area (Å²) in [6.07, 6.45) is 3.14. The maximum Gasteiger partial charge on any atom is 0.0624 e. The van der Waals surface area contributed by atoms with Gasteiger partial charge in [0, 0.05) is 56.6 Å². The molecule has 3 aromatic carbocycles. The SMILES string of the molecule is CC(C)(C)c1ccc(C2=C3CC=C(N3)C(c3ccc(C(C)(C)C)cc3)=c3ccc([nH]3)=c3ccc([nH]3)=C(c3ccc(C(C)(C)C)cc3)c3ccc2[nH]3)cc1. The Morgan fingerprint density at radius 3 is 1.21 bits per heavy atom. The minimum absolute atomic E-state index is 0.0701. The van der Waals surface area contributed by atoms with Crippen molar-refractivity contribution < 1.29 is 0 Å². The Morgan fingerprint density at radius 2 is 0.755 bits per heavy atom. The van der Waals surface area contributed by atoms with Gasteiger partial charge in [0.15, 0.2) is 0 Å². The Hall–Kier alpha value is -5.48. The molecule has 3 aromatic heterocycles. The molecule has 4 nitrogen and oxygen atoms in total. The molecular weight excluding hydrogens is 645 g/mol. The van der Waals surface area contributed by atoms with Crippen molar-refractivity contribution in [2.75, 3.05) is 0 Å². The minimum Gasteiger partial charge on any atom is -0.358 e. The topological polar surface area (TPSA) is 59.4 Å². The number of benzene rings is 3. The molecule has 0 unspecified atom stereocenters. The first-order valence-corrected chi connectivity index (χ1v) is 19.0. The lowest BCUT2D eigenvalue weighted by atomic mass is 9.86. The van der Waals surface area contributed by atoms with Crippen molar-refractivity contribution in [2.45, 2.75) is 85.0 Å². The van der Waals surface area contributed by atoms with Crippen molar-refractivity contribution >= 4 is 16.7 Å². The molecule has 5 heterocycles. The molecule has 0 fully saturated rings. The number of nitrogens with one attached hydrogen (secondary N) is 4. The van der Waals surface area contributed by atoms with Crippen molar-refractivity contribution in [1.29, 1.82) is 0 Å². The smallest absolute Gasteiger partial charge is 0.0624 e. The highest BCUT2D eigenvalue weighted by Crippen LogP contribution is 2.36. The lowest BCUT2D eigenvalue weighted by Gasteiger charge is -2.21. The van der Waals surface area contributed by atoms with Crippen LogP contribution in [-0.4, -0.2) is 15.0 Å². The molecule has 2 aliphatic heterocycles. The van der Waals surface area contributed by atoms with Crippen LogP contribution in [0.1, 0.15) is 114 Å². The molecule has 0 saturated carbocycles. The summed E-state index contributed by atoms with van der Waals surface area (Å²) < 4.78 is 0. The second kappa shape index (κ2) is 12.6. The number of fused-ring (bicyclic) bond motifs is 8. The van der Waals surface area contributed by atoms with E-state index in [1.165, 1.54) is 39.1 Å². The molecule has 0 atom stereocenters. The second-order valence-electron chi connectivity index (χ2n) is 17.9. The molecule has 53 heavy (non-hydrogen) atoms. The summed E-state index contributed by atoms with van der Waals surface area (Å²) in [4.78, 5) is 11.5. The van der Waals surface area contributed by atoms with E-state index in [0.29, 0.717) is 0 Å².